The Bertz CT molecular complexity index is 510. The summed E-state index contributed by atoms with van der Waals surface area (Å²) in [5.74, 6) is 0.305. The molecule has 1 aliphatic rings. The van der Waals surface area contributed by atoms with Crippen molar-refractivity contribution in [3.8, 4) is 0 Å². The topological polar surface area (TPSA) is 58.2 Å². The number of carbonyl (C=O) groups excluding carboxylic acids is 2. The van der Waals surface area contributed by atoms with Gasteiger partial charge in [0.1, 0.15) is 6.04 Å². The van der Waals surface area contributed by atoms with Crippen molar-refractivity contribution in [1.29, 1.82) is 0 Å². The third-order valence-electron chi connectivity index (χ3n) is 3.83. The van der Waals surface area contributed by atoms with Gasteiger partial charge in [0.2, 0.25) is 11.8 Å². The molecule has 1 aromatic rings. The van der Waals surface area contributed by atoms with Crippen LogP contribution in [0.3, 0.4) is 0 Å². The van der Waals surface area contributed by atoms with Gasteiger partial charge in [-0.1, -0.05) is 30.5 Å². The molecule has 0 radical (unpaired) electrons. The fourth-order valence-corrected chi connectivity index (χ4v) is 3.54. The van der Waals surface area contributed by atoms with Crippen molar-refractivity contribution in [2.45, 2.75) is 56.5 Å². The van der Waals surface area contributed by atoms with E-state index in [0.717, 1.165) is 17.7 Å². The summed E-state index contributed by atoms with van der Waals surface area (Å²) in [6, 6.07) is 7.97. The number of hydrogen-bond acceptors (Lipinski definition) is 3. The molecular formula is C17H24N2O2S. The Balaban J connectivity index is 1.91. The molecule has 0 heterocycles. The highest BCUT2D eigenvalue weighted by Crippen LogP contribution is 2.20. The first-order chi connectivity index (χ1) is 10.5. The Morgan fingerprint density at radius 1 is 1.23 bits per heavy atom. The molecule has 22 heavy (non-hydrogen) atoms. The van der Waals surface area contributed by atoms with Crippen LogP contribution in [0.25, 0.3) is 0 Å². The Hall–Kier alpha value is -1.49. The minimum absolute atomic E-state index is 0.0679. The van der Waals surface area contributed by atoms with Gasteiger partial charge in [-0.05, 0) is 31.9 Å². The van der Waals surface area contributed by atoms with Gasteiger partial charge in [0.05, 0.1) is 0 Å². The van der Waals surface area contributed by atoms with E-state index in [1.165, 1.54) is 25.3 Å². The molecule has 1 saturated carbocycles. The molecule has 0 saturated heterocycles. The first kappa shape index (κ1) is 16.9. The lowest BCUT2D eigenvalue weighted by Crippen LogP contribution is -2.50. The number of nitrogens with one attached hydrogen (secondary N) is 2. The molecule has 0 bridgehead atoms. The second kappa shape index (κ2) is 8.22. The summed E-state index contributed by atoms with van der Waals surface area (Å²) < 4.78 is 0. The van der Waals surface area contributed by atoms with Crippen molar-refractivity contribution in [1.82, 2.24) is 10.6 Å². The van der Waals surface area contributed by atoms with Crippen molar-refractivity contribution in [3.63, 3.8) is 0 Å². The molecule has 4 nitrogen and oxygen atoms in total. The zero-order chi connectivity index (χ0) is 15.9. The molecule has 1 unspecified atom stereocenters. The standard InChI is InChI=1S/C17H24N2O2S/c1-12-7-9-15(10-8-12)22-11-16(18-13(2)20)17(21)19-14-5-3-4-6-14/h7-10,14,16H,3-6,11H2,1-2H3,(H,18,20)(H,19,21). The van der Waals surface area contributed by atoms with Crippen molar-refractivity contribution in [2.75, 3.05) is 5.75 Å². The van der Waals surface area contributed by atoms with Crippen LogP contribution in [0.5, 0.6) is 0 Å². The van der Waals surface area contributed by atoms with Crippen molar-refractivity contribution in [3.05, 3.63) is 29.8 Å². The van der Waals surface area contributed by atoms with Crippen LogP contribution in [-0.4, -0.2) is 29.7 Å². The van der Waals surface area contributed by atoms with Crippen LogP contribution in [0, 0.1) is 6.92 Å². The molecule has 2 rings (SSSR count). The Morgan fingerprint density at radius 2 is 1.86 bits per heavy atom. The van der Waals surface area contributed by atoms with E-state index < -0.39 is 6.04 Å². The van der Waals surface area contributed by atoms with E-state index in [-0.39, 0.29) is 17.9 Å². The summed E-state index contributed by atoms with van der Waals surface area (Å²) in [4.78, 5) is 24.8. The fraction of sp³-hybridized carbons (Fsp3) is 0.529. The number of carbonyl (C=O) groups is 2. The van der Waals surface area contributed by atoms with Crippen LogP contribution in [0.4, 0.5) is 0 Å². The third kappa shape index (κ3) is 5.37. The highest BCUT2D eigenvalue weighted by Gasteiger charge is 2.24. The second-order valence-electron chi connectivity index (χ2n) is 5.87. The molecule has 0 aliphatic heterocycles. The van der Waals surface area contributed by atoms with Crippen molar-refractivity contribution >= 4 is 23.6 Å². The lowest BCUT2D eigenvalue weighted by Gasteiger charge is -2.20. The van der Waals surface area contributed by atoms with Crippen LogP contribution >= 0.6 is 11.8 Å². The average molecular weight is 320 g/mol. The van der Waals surface area contributed by atoms with Gasteiger partial charge in [0.15, 0.2) is 0 Å². The molecule has 0 aromatic heterocycles. The Labute approximate surface area is 136 Å². The number of thioether (sulfide) groups is 1. The molecule has 2 amide bonds. The summed E-state index contributed by atoms with van der Waals surface area (Å²) >= 11 is 1.59. The molecule has 1 fully saturated rings. The SMILES string of the molecule is CC(=O)NC(CSc1ccc(C)cc1)C(=O)NC1CCCC1. The summed E-state index contributed by atoms with van der Waals surface area (Å²) in [5, 5.41) is 5.83. The molecule has 0 spiro atoms. The maximum absolute atomic E-state index is 12.4. The number of hydrogen-bond donors (Lipinski definition) is 2. The molecule has 1 aromatic carbocycles. The minimum atomic E-state index is -0.482. The number of aryl methyl sites for hydroxylation is 1. The fourth-order valence-electron chi connectivity index (χ4n) is 2.61. The van der Waals surface area contributed by atoms with Crippen molar-refractivity contribution < 1.29 is 9.59 Å². The molecule has 2 N–H and O–H groups in total. The summed E-state index contributed by atoms with van der Waals surface area (Å²) in [6.45, 7) is 3.50. The van der Waals surface area contributed by atoms with E-state index in [4.69, 9.17) is 0 Å². The Morgan fingerprint density at radius 3 is 2.45 bits per heavy atom. The zero-order valence-electron chi connectivity index (χ0n) is 13.2. The first-order valence-corrected chi connectivity index (χ1v) is 8.80. The normalized spacial score (nSPS) is 16.3. The number of rotatable bonds is 6. The lowest BCUT2D eigenvalue weighted by atomic mass is 10.2. The Kier molecular flexibility index (Phi) is 6.31. The maximum atomic E-state index is 12.4. The van der Waals surface area contributed by atoms with E-state index >= 15 is 0 Å². The predicted molar refractivity (Wildman–Crippen MR) is 89.9 cm³/mol. The van der Waals surface area contributed by atoms with Gasteiger partial charge in [-0.3, -0.25) is 9.59 Å². The largest absolute Gasteiger partial charge is 0.352 e. The molecular weight excluding hydrogens is 296 g/mol. The number of amides is 2. The van der Waals surface area contributed by atoms with Crippen LogP contribution in [0.2, 0.25) is 0 Å². The van der Waals surface area contributed by atoms with Crippen LogP contribution < -0.4 is 10.6 Å². The number of benzene rings is 1. The van der Waals surface area contributed by atoms with Gasteiger partial charge in [0, 0.05) is 23.6 Å². The zero-order valence-corrected chi connectivity index (χ0v) is 14.0. The van der Waals surface area contributed by atoms with Gasteiger partial charge in [0.25, 0.3) is 0 Å². The van der Waals surface area contributed by atoms with Gasteiger partial charge < -0.3 is 10.6 Å². The van der Waals surface area contributed by atoms with Gasteiger partial charge in [-0.15, -0.1) is 11.8 Å². The van der Waals surface area contributed by atoms with Crippen LogP contribution in [0.1, 0.15) is 38.2 Å². The monoisotopic (exact) mass is 320 g/mol. The van der Waals surface area contributed by atoms with Crippen molar-refractivity contribution in [2.24, 2.45) is 0 Å². The van der Waals surface area contributed by atoms with Gasteiger partial charge in [-0.2, -0.15) is 0 Å². The van der Waals surface area contributed by atoms with Crippen LogP contribution in [-0.2, 0) is 9.59 Å². The summed E-state index contributed by atoms with van der Waals surface area (Å²) in [7, 11) is 0. The maximum Gasteiger partial charge on any atom is 0.243 e. The minimum Gasteiger partial charge on any atom is -0.352 e. The quantitative estimate of drug-likeness (QED) is 0.792. The summed E-state index contributed by atoms with van der Waals surface area (Å²) in [6.07, 6.45) is 4.44. The smallest absolute Gasteiger partial charge is 0.243 e. The first-order valence-electron chi connectivity index (χ1n) is 7.81. The molecule has 5 heteroatoms. The van der Waals surface area contributed by atoms with E-state index in [1.54, 1.807) is 11.8 Å². The molecule has 120 valence electrons. The predicted octanol–water partition coefficient (Wildman–Crippen LogP) is 2.65. The highest BCUT2D eigenvalue weighted by molar-refractivity contribution is 7.99. The molecule has 1 aliphatic carbocycles. The molecule has 1 atom stereocenters. The van der Waals surface area contributed by atoms with Gasteiger partial charge >= 0.3 is 0 Å². The van der Waals surface area contributed by atoms with E-state index in [9.17, 15) is 9.59 Å². The average Bonchev–Trinajstić information content (AvgIpc) is 2.97. The van der Waals surface area contributed by atoms with Crippen LogP contribution in [0.15, 0.2) is 29.2 Å². The second-order valence-corrected chi connectivity index (χ2v) is 6.96. The summed E-state index contributed by atoms with van der Waals surface area (Å²) in [5.41, 5.74) is 1.21. The van der Waals surface area contributed by atoms with E-state index in [0.29, 0.717) is 5.75 Å². The highest BCUT2D eigenvalue weighted by atomic mass is 32.2. The lowest BCUT2D eigenvalue weighted by molar-refractivity contribution is -0.127. The van der Waals surface area contributed by atoms with E-state index in [1.807, 2.05) is 31.2 Å². The third-order valence-corrected chi connectivity index (χ3v) is 4.94. The van der Waals surface area contributed by atoms with E-state index in [2.05, 4.69) is 10.6 Å². The van der Waals surface area contributed by atoms with Gasteiger partial charge in [-0.25, -0.2) is 0 Å².